The van der Waals surface area contributed by atoms with Crippen LogP contribution >= 0.6 is 0 Å². The molecule has 1 aromatic heterocycles. The molecule has 2 atom stereocenters. The molecule has 0 saturated heterocycles. The largest absolute Gasteiger partial charge is 0.451 e. The van der Waals surface area contributed by atoms with Crippen molar-refractivity contribution in [2.24, 2.45) is 0 Å². The van der Waals surface area contributed by atoms with E-state index in [0.717, 1.165) is 5.56 Å². The molecule has 3 heterocycles. The summed E-state index contributed by atoms with van der Waals surface area (Å²) in [6.45, 7) is 3.66. The van der Waals surface area contributed by atoms with E-state index in [1.54, 1.807) is 19.1 Å². The van der Waals surface area contributed by atoms with E-state index in [-0.39, 0.29) is 17.7 Å². The van der Waals surface area contributed by atoms with Crippen LogP contribution in [0.4, 0.5) is 0 Å². The van der Waals surface area contributed by atoms with Gasteiger partial charge in [-0.15, -0.1) is 0 Å². The molecular weight excluding hydrogens is 298 g/mol. The molecule has 4 rings (SSSR count). The van der Waals surface area contributed by atoms with Crippen LogP contribution in [-0.4, -0.2) is 16.7 Å². The average molecular weight is 313 g/mol. The summed E-state index contributed by atoms with van der Waals surface area (Å²) in [5.74, 6) is -2.56. The first kappa shape index (κ1) is 14.0. The molecule has 0 radical (unpaired) electrons. The molecule has 2 unspecified atom stereocenters. The number of carbonyl (C=O) groups is 1. The van der Waals surface area contributed by atoms with Crippen molar-refractivity contribution >= 4 is 16.8 Å². The molecule has 2 aromatic rings. The monoisotopic (exact) mass is 313 g/mol. The van der Waals surface area contributed by atoms with Gasteiger partial charge >= 0.3 is 5.63 Å². The van der Waals surface area contributed by atoms with Crippen LogP contribution in [0.15, 0.2) is 39.7 Å². The second-order valence-corrected chi connectivity index (χ2v) is 5.94. The van der Waals surface area contributed by atoms with Gasteiger partial charge in [0.25, 0.3) is 5.79 Å². The van der Waals surface area contributed by atoms with E-state index in [1.807, 2.05) is 13.0 Å². The highest BCUT2D eigenvalue weighted by molar-refractivity contribution is 6.00. The van der Waals surface area contributed by atoms with Crippen molar-refractivity contribution < 1.29 is 19.1 Å². The van der Waals surface area contributed by atoms with Gasteiger partial charge in [0.15, 0.2) is 0 Å². The quantitative estimate of drug-likeness (QED) is 0.775. The zero-order valence-corrected chi connectivity index (χ0v) is 12.7. The molecule has 2 aliphatic heterocycles. The number of hydrogen-bond donors (Lipinski definition) is 2. The van der Waals surface area contributed by atoms with E-state index in [1.165, 1.54) is 12.3 Å². The fourth-order valence-electron chi connectivity index (χ4n) is 3.49. The van der Waals surface area contributed by atoms with Crippen LogP contribution < -0.4 is 15.7 Å². The second-order valence-electron chi connectivity index (χ2n) is 5.94. The Hall–Kier alpha value is -2.60. The minimum absolute atomic E-state index is 0.151. The first-order valence-electron chi connectivity index (χ1n) is 7.41. The Labute approximate surface area is 131 Å². The number of fused-ring (bicyclic) bond motifs is 5. The van der Waals surface area contributed by atoms with E-state index in [4.69, 9.17) is 9.15 Å². The van der Waals surface area contributed by atoms with Crippen molar-refractivity contribution in [1.82, 2.24) is 5.32 Å². The molecule has 0 aliphatic carbocycles. The first-order chi connectivity index (χ1) is 10.9. The Morgan fingerprint density at radius 3 is 2.83 bits per heavy atom. The molecule has 1 aromatic carbocycles. The van der Waals surface area contributed by atoms with E-state index >= 15 is 0 Å². The number of nitrogens with one attached hydrogen (secondary N) is 1. The number of hydrogen-bond acceptors (Lipinski definition) is 6. The summed E-state index contributed by atoms with van der Waals surface area (Å²) in [6, 6.07) is 5.29. The lowest BCUT2D eigenvalue weighted by atomic mass is 9.78. The third kappa shape index (κ3) is 1.51. The van der Waals surface area contributed by atoms with Gasteiger partial charge in [-0.1, -0.05) is 18.6 Å². The SMILES string of the molecule is CCC12NC=CC(=O)C1(O)Oc1c2c(=O)oc2ccc(C)cc12. The molecule has 0 bridgehead atoms. The lowest BCUT2D eigenvalue weighted by molar-refractivity contribution is -0.189. The summed E-state index contributed by atoms with van der Waals surface area (Å²) in [7, 11) is 0. The van der Waals surface area contributed by atoms with Gasteiger partial charge in [0.2, 0.25) is 5.78 Å². The van der Waals surface area contributed by atoms with E-state index in [2.05, 4.69) is 5.32 Å². The van der Waals surface area contributed by atoms with Crippen molar-refractivity contribution in [3.8, 4) is 5.75 Å². The van der Waals surface area contributed by atoms with Crippen LogP contribution in [-0.2, 0) is 10.3 Å². The van der Waals surface area contributed by atoms with Crippen LogP contribution in [0.3, 0.4) is 0 Å². The molecule has 23 heavy (non-hydrogen) atoms. The second kappa shape index (κ2) is 4.23. The number of aryl methyl sites for hydroxylation is 1. The van der Waals surface area contributed by atoms with E-state index in [0.29, 0.717) is 11.0 Å². The zero-order chi connectivity index (χ0) is 16.4. The molecule has 0 spiro atoms. The van der Waals surface area contributed by atoms with Gasteiger partial charge in [-0.3, -0.25) is 4.79 Å². The molecule has 0 amide bonds. The Morgan fingerprint density at radius 2 is 2.09 bits per heavy atom. The third-order valence-electron chi connectivity index (χ3n) is 4.70. The minimum atomic E-state index is -2.16. The summed E-state index contributed by atoms with van der Waals surface area (Å²) in [5.41, 5.74) is -0.523. The van der Waals surface area contributed by atoms with Crippen molar-refractivity contribution in [3.05, 3.63) is 52.0 Å². The van der Waals surface area contributed by atoms with E-state index in [9.17, 15) is 14.7 Å². The zero-order valence-electron chi connectivity index (χ0n) is 12.7. The third-order valence-corrected chi connectivity index (χ3v) is 4.70. The highest BCUT2D eigenvalue weighted by atomic mass is 16.6. The molecule has 0 saturated carbocycles. The molecule has 2 aliphatic rings. The van der Waals surface area contributed by atoms with Gasteiger partial charge in [0.1, 0.15) is 22.4 Å². The maximum absolute atomic E-state index is 12.5. The molecule has 2 N–H and O–H groups in total. The number of benzene rings is 1. The average Bonchev–Trinajstić information content (AvgIpc) is 2.81. The topological polar surface area (TPSA) is 88.8 Å². The summed E-state index contributed by atoms with van der Waals surface area (Å²) < 4.78 is 11.1. The predicted molar refractivity (Wildman–Crippen MR) is 82.1 cm³/mol. The smallest absolute Gasteiger partial charge is 0.345 e. The number of carbonyl (C=O) groups excluding carboxylic acids is 1. The van der Waals surface area contributed by atoms with Gasteiger partial charge in [-0.25, -0.2) is 4.79 Å². The summed E-state index contributed by atoms with van der Waals surface area (Å²) in [5, 5.41) is 14.5. The van der Waals surface area contributed by atoms with E-state index < -0.39 is 22.7 Å². The number of ketones is 1. The lowest BCUT2D eigenvalue weighted by Crippen LogP contribution is -2.65. The van der Waals surface area contributed by atoms with Gasteiger partial charge in [-0.05, 0) is 25.5 Å². The Kier molecular flexibility index (Phi) is 2.58. The number of aliphatic hydroxyl groups is 1. The van der Waals surface area contributed by atoms with Gasteiger partial charge in [0.05, 0.1) is 5.39 Å². The fraction of sp³-hybridized carbons (Fsp3) is 0.294. The van der Waals surface area contributed by atoms with Crippen LogP contribution in [0.2, 0.25) is 0 Å². The number of rotatable bonds is 1. The Morgan fingerprint density at radius 1 is 1.30 bits per heavy atom. The maximum Gasteiger partial charge on any atom is 0.345 e. The molecule has 0 fully saturated rings. The Bertz CT molecular complexity index is 944. The van der Waals surface area contributed by atoms with Crippen LogP contribution in [0, 0.1) is 6.92 Å². The molecular formula is C17H15NO5. The minimum Gasteiger partial charge on any atom is -0.451 e. The van der Waals surface area contributed by atoms with Gasteiger partial charge in [0, 0.05) is 12.3 Å². The Balaban J connectivity index is 2.14. The van der Waals surface area contributed by atoms with Gasteiger partial charge in [-0.2, -0.15) is 0 Å². The first-order valence-corrected chi connectivity index (χ1v) is 7.41. The fourth-order valence-corrected chi connectivity index (χ4v) is 3.49. The summed E-state index contributed by atoms with van der Waals surface area (Å²) in [6.07, 6.45) is 2.90. The number of ether oxygens (including phenoxy) is 1. The lowest BCUT2D eigenvalue weighted by Gasteiger charge is -2.40. The van der Waals surface area contributed by atoms with Crippen molar-refractivity contribution in [3.63, 3.8) is 0 Å². The normalized spacial score (nSPS) is 28.2. The highest BCUT2D eigenvalue weighted by Crippen LogP contribution is 2.51. The van der Waals surface area contributed by atoms with Crippen LogP contribution in [0.1, 0.15) is 24.5 Å². The molecule has 6 nitrogen and oxygen atoms in total. The molecule has 6 heteroatoms. The van der Waals surface area contributed by atoms with Gasteiger partial charge < -0.3 is 19.6 Å². The van der Waals surface area contributed by atoms with Crippen molar-refractivity contribution in [1.29, 1.82) is 0 Å². The maximum atomic E-state index is 12.5. The van der Waals surface area contributed by atoms with Crippen molar-refractivity contribution in [2.75, 3.05) is 0 Å². The summed E-state index contributed by atoms with van der Waals surface area (Å²) in [4.78, 5) is 24.9. The van der Waals surface area contributed by atoms with Crippen molar-refractivity contribution in [2.45, 2.75) is 31.6 Å². The molecule has 118 valence electrons. The predicted octanol–water partition coefficient (Wildman–Crippen LogP) is 1.47. The van der Waals surface area contributed by atoms with Crippen LogP contribution in [0.5, 0.6) is 5.75 Å². The standard InChI is InChI=1S/C17H15NO5/c1-3-16-13-14(23-17(16,21)12(19)6-7-18-16)10-8-9(2)4-5-11(10)22-15(13)20/h4-8,18,21H,3H2,1-2H3. The highest BCUT2D eigenvalue weighted by Gasteiger charge is 2.66. The van der Waals surface area contributed by atoms with Crippen LogP contribution in [0.25, 0.3) is 11.0 Å². The summed E-state index contributed by atoms with van der Waals surface area (Å²) >= 11 is 0.